The Kier molecular flexibility index (Phi) is 18.1. The van der Waals surface area contributed by atoms with Gasteiger partial charge in [0.25, 0.3) is 0 Å². The van der Waals surface area contributed by atoms with Crippen LogP contribution in [0.5, 0.6) is 0 Å². The summed E-state index contributed by atoms with van der Waals surface area (Å²) in [6.07, 6.45) is -4.26. The van der Waals surface area contributed by atoms with Crippen LogP contribution in [0.15, 0.2) is 24.3 Å². The van der Waals surface area contributed by atoms with Gasteiger partial charge in [-0.05, 0) is 0 Å². The van der Waals surface area contributed by atoms with Gasteiger partial charge >= 0.3 is 48.1 Å². The molecule has 14 heavy (non-hydrogen) atoms. The minimum Gasteiger partial charge on any atom is -1.00 e. The van der Waals surface area contributed by atoms with Gasteiger partial charge in [0.15, 0.2) is 0 Å². The van der Waals surface area contributed by atoms with E-state index in [0.717, 1.165) is 6.07 Å². The van der Waals surface area contributed by atoms with Crippen LogP contribution in [0.2, 0.25) is 0 Å². The molecule has 1 aromatic rings. The Bertz CT molecular complexity index is 218. The fourth-order valence-corrected chi connectivity index (χ4v) is 0.570. The second-order valence-electron chi connectivity index (χ2n) is 1.77. The van der Waals surface area contributed by atoms with Crippen LogP contribution in [-0.4, -0.2) is 23.1 Å². The van der Waals surface area contributed by atoms with Crippen molar-refractivity contribution >= 4 is 23.1 Å². The van der Waals surface area contributed by atoms with Crippen LogP contribution < -0.4 is 43.7 Å². The number of alkyl halides is 3. The van der Waals surface area contributed by atoms with Gasteiger partial charge in [-0.3, -0.25) is 0 Å². The molecule has 0 aromatic heterocycles. The van der Waals surface area contributed by atoms with Crippen LogP contribution in [0.4, 0.5) is 13.2 Å². The monoisotopic (exact) mass is 246 g/mol. The molecule has 1 rings (SSSR count). The minimum absolute atomic E-state index is 0. The zero-order valence-corrected chi connectivity index (χ0v) is 10.3. The first-order valence-corrected chi connectivity index (χ1v) is 2.64. The Labute approximate surface area is 121 Å². The molecule has 0 radical (unpaired) electrons. The second kappa shape index (κ2) is 10.5. The van der Waals surface area contributed by atoms with Crippen molar-refractivity contribution in [1.29, 1.82) is 0 Å². The fraction of sp³-hybridized carbons (Fsp3) is 0.143. The van der Waals surface area contributed by atoms with Crippen molar-refractivity contribution in [2.24, 2.45) is 0 Å². The van der Waals surface area contributed by atoms with Gasteiger partial charge < -0.3 is 24.8 Å². The van der Waals surface area contributed by atoms with Crippen LogP contribution in [0, 0.1) is 6.07 Å². The molecule has 0 aliphatic heterocycles. The maximum absolute atomic E-state index is 11.8. The van der Waals surface area contributed by atoms with Gasteiger partial charge in [0, 0.05) is 0 Å². The van der Waals surface area contributed by atoms with Crippen molar-refractivity contribution in [3.63, 3.8) is 0 Å². The van der Waals surface area contributed by atoms with E-state index in [1.165, 1.54) is 18.2 Å². The standard InChI is InChI=1S/C7H4F3.2ClH.Li.Mg/c8-7(9,10)6-4-2-1-3-5-6;;;;/h1-4H;2*1H;;/q-1;;;+1;+2/p-2. The van der Waals surface area contributed by atoms with Gasteiger partial charge in [0.2, 0.25) is 0 Å². The van der Waals surface area contributed by atoms with E-state index in [0.29, 0.717) is 0 Å². The molecule has 7 heteroatoms. The van der Waals surface area contributed by atoms with Crippen LogP contribution in [-0.2, 0) is 6.18 Å². The molecule has 0 heterocycles. The van der Waals surface area contributed by atoms with Crippen molar-refractivity contribution in [2.45, 2.75) is 6.18 Å². The summed E-state index contributed by atoms with van der Waals surface area (Å²) in [5.74, 6) is 0. The molecular weight excluding hydrogens is 243 g/mol. The molecule has 0 nitrogen and oxygen atoms in total. The third-order valence-electron chi connectivity index (χ3n) is 1.01. The summed E-state index contributed by atoms with van der Waals surface area (Å²) in [6.45, 7) is 0. The first kappa shape index (κ1) is 24.3. The maximum atomic E-state index is 11.8. The Morgan fingerprint density at radius 2 is 1.57 bits per heavy atom. The van der Waals surface area contributed by atoms with E-state index < -0.39 is 11.7 Å². The molecule has 70 valence electrons. The van der Waals surface area contributed by atoms with E-state index in [-0.39, 0.29) is 66.7 Å². The molecule has 0 fully saturated rings. The van der Waals surface area contributed by atoms with Crippen molar-refractivity contribution in [1.82, 2.24) is 0 Å². The topological polar surface area (TPSA) is 0 Å². The molecule has 0 saturated heterocycles. The smallest absolute Gasteiger partial charge is 1.00 e. The predicted octanol–water partition coefficient (Wildman–Crippen LogP) is -6.86. The van der Waals surface area contributed by atoms with E-state index in [9.17, 15) is 13.2 Å². The predicted molar refractivity (Wildman–Crippen MR) is 36.0 cm³/mol. The van der Waals surface area contributed by atoms with Crippen LogP contribution >= 0.6 is 0 Å². The van der Waals surface area contributed by atoms with Crippen molar-refractivity contribution in [3.05, 3.63) is 35.9 Å². The second-order valence-corrected chi connectivity index (χ2v) is 1.77. The Balaban J connectivity index is -0.000000125. The average Bonchev–Trinajstić information content (AvgIpc) is 1.88. The molecule has 0 aliphatic rings. The number of hydrogen-bond acceptors (Lipinski definition) is 0. The molecule has 1 aromatic carbocycles. The number of benzene rings is 1. The van der Waals surface area contributed by atoms with Gasteiger partial charge in [-0.25, -0.2) is 0 Å². The van der Waals surface area contributed by atoms with E-state index in [4.69, 9.17) is 0 Å². The van der Waals surface area contributed by atoms with Crippen molar-refractivity contribution in [2.75, 3.05) is 0 Å². The van der Waals surface area contributed by atoms with Crippen molar-refractivity contribution < 1.29 is 56.8 Å². The van der Waals surface area contributed by atoms with Gasteiger partial charge in [0.05, 0.1) is 0 Å². The molecular formula is C7H4Cl2F3LiMg. The summed E-state index contributed by atoms with van der Waals surface area (Å²) in [5.41, 5.74) is -0.727. The van der Waals surface area contributed by atoms with E-state index >= 15 is 0 Å². The largest absolute Gasteiger partial charge is 2.00 e. The Hall–Kier alpha value is 0.954. The van der Waals surface area contributed by atoms with Gasteiger partial charge in [0.1, 0.15) is 0 Å². The summed E-state index contributed by atoms with van der Waals surface area (Å²) in [7, 11) is 0. The molecule has 0 amide bonds. The Morgan fingerprint density at radius 1 is 1.07 bits per heavy atom. The number of rotatable bonds is 0. The average molecular weight is 247 g/mol. The summed E-state index contributed by atoms with van der Waals surface area (Å²) >= 11 is 0. The summed E-state index contributed by atoms with van der Waals surface area (Å²) in [6, 6.07) is 7.14. The summed E-state index contributed by atoms with van der Waals surface area (Å²) in [5, 5.41) is 0. The van der Waals surface area contributed by atoms with Crippen LogP contribution in [0.25, 0.3) is 0 Å². The van der Waals surface area contributed by atoms with E-state index in [1.807, 2.05) is 0 Å². The normalized spacial score (nSPS) is 8.21. The molecule has 0 bridgehead atoms. The molecule has 0 aliphatic carbocycles. The minimum atomic E-state index is -4.26. The number of hydrogen-bond donors (Lipinski definition) is 0. The van der Waals surface area contributed by atoms with Gasteiger partial charge in [-0.15, -0.1) is 0 Å². The Morgan fingerprint density at radius 3 is 1.79 bits per heavy atom. The first-order chi connectivity index (χ1) is 4.61. The third kappa shape index (κ3) is 8.28. The zero-order chi connectivity index (χ0) is 7.61. The molecule has 0 unspecified atom stereocenters. The third-order valence-corrected chi connectivity index (χ3v) is 1.01. The zero-order valence-electron chi connectivity index (χ0n) is 7.41. The van der Waals surface area contributed by atoms with Gasteiger partial charge in [-0.1, -0.05) is 5.56 Å². The van der Waals surface area contributed by atoms with Crippen LogP contribution in [0.1, 0.15) is 5.56 Å². The molecule has 0 saturated carbocycles. The molecule has 0 atom stereocenters. The SMILES string of the molecule is FC(F)(F)c1[c-]cccc1.[Cl-].[Cl-].[Li+].[Mg+2]. The number of halogens is 5. The fourth-order valence-electron chi connectivity index (χ4n) is 0.570. The summed E-state index contributed by atoms with van der Waals surface area (Å²) < 4.78 is 35.3. The van der Waals surface area contributed by atoms with Crippen LogP contribution in [0.3, 0.4) is 0 Å². The van der Waals surface area contributed by atoms with E-state index in [2.05, 4.69) is 6.07 Å². The maximum Gasteiger partial charge on any atom is 2.00 e. The van der Waals surface area contributed by atoms with Crippen molar-refractivity contribution in [3.8, 4) is 0 Å². The molecule has 0 spiro atoms. The molecule has 0 N–H and O–H groups in total. The quantitative estimate of drug-likeness (QED) is 0.316. The van der Waals surface area contributed by atoms with Gasteiger partial charge in [-0.2, -0.15) is 43.5 Å². The summed E-state index contributed by atoms with van der Waals surface area (Å²) in [4.78, 5) is 0. The van der Waals surface area contributed by atoms with E-state index in [1.54, 1.807) is 0 Å². The first-order valence-electron chi connectivity index (χ1n) is 2.64.